The summed E-state index contributed by atoms with van der Waals surface area (Å²) < 4.78 is 20.6. The monoisotopic (exact) mass is 135 g/mol. The largest absolute Gasteiger partial charge is 0.371 e. The molecule has 0 rings (SSSR count). The van der Waals surface area contributed by atoms with E-state index in [0.29, 0.717) is 5.41 Å². The lowest BCUT2D eigenvalue weighted by Crippen LogP contribution is -2.03. The van der Waals surface area contributed by atoms with Crippen LogP contribution >= 0.6 is 0 Å². The predicted molar refractivity (Wildman–Crippen MR) is 30.0 cm³/mol. The molecular formula is C4H7O3S. The van der Waals surface area contributed by atoms with Gasteiger partial charge >= 0.3 is 0 Å². The van der Waals surface area contributed by atoms with Crippen molar-refractivity contribution in [2.45, 2.75) is 6.92 Å². The standard InChI is InChI=1S/C4H7O3S/c1-3-8(6,7)4(2)5/h3,5H,1H2,2H3. The minimum absolute atomic E-state index is 0.618. The van der Waals surface area contributed by atoms with Crippen molar-refractivity contribution >= 4 is 9.84 Å². The Balaban J connectivity index is 4.40. The number of aliphatic hydroxyl groups is 1. The van der Waals surface area contributed by atoms with Gasteiger partial charge in [-0.25, -0.2) is 8.42 Å². The molecule has 0 aliphatic rings. The molecule has 3 nitrogen and oxygen atoms in total. The van der Waals surface area contributed by atoms with Crippen molar-refractivity contribution < 1.29 is 13.5 Å². The first-order valence-electron chi connectivity index (χ1n) is 1.91. The summed E-state index contributed by atoms with van der Waals surface area (Å²) in [5.74, 6) is 0. The van der Waals surface area contributed by atoms with Crippen molar-refractivity contribution in [1.82, 2.24) is 0 Å². The minimum Gasteiger partial charge on any atom is -0.371 e. The molecule has 0 aromatic rings. The second kappa shape index (κ2) is 2.28. The third kappa shape index (κ3) is 1.63. The topological polar surface area (TPSA) is 54.4 Å². The molecule has 0 aliphatic carbocycles. The van der Waals surface area contributed by atoms with Gasteiger partial charge in [-0.1, -0.05) is 6.58 Å². The maximum atomic E-state index is 10.3. The SMILES string of the molecule is C=CS(=O)(=O)[C](C)O. The van der Waals surface area contributed by atoms with Crippen LogP contribution in [0.3, 0.4) is 0 Å². The average Bonchev–Trinajstić information content (AvgIpc) is 1.67. The van der Waals surface area contributed by atoms with Crippen LogP contribution in [-0.4, -0.2) is 13.5 Å². The molecule has 0 amide bonds. The molecule has 0 aliphatic heterocycles. The summed E-state index contributed by atoms with van der Waals surface area (Å²) in [4.78, 5) is 0. The molecule has 0 atom stereocenters. The predicted octanol–water partition coefficient (Wildman–Crippen LogP) is 0.427. The molecule has 4 heteroatoms. The second-order valence-corrected chi connectivity index (χ2v) is 3.24. The van der Waals surface area contributed by atoms with Gasteiger partial charge in [0.2, 0.25) is 15.3 Å². The maximum absolute atomic E-state index is 10.3. The van der Waals surface area contributed by atoms with E-state index >= 15 is 0 Å². The van der Waals surface area contributed by atoms with Crippen LogP contribution in [0.25, 0.3) is 0 Å². The molecule has 1 N–H and O–H groups in total. The van der Waals surface area contributed by atoms with E-state index in [1.165, 1.54) is 0 Å². The zero-order valence-corrected chi connectivity index (χ0v) is 5.27. The third-order valence-electron chi connectivity index (χ3n) is 0.631. The Kier molecular flexibility index (Phi) is 2.18. The zero-order chi connectivity index (χ0) is 6.78. The van der Waals surface area contributed by atoms with Crippen LogP contribution in [0.15, 0.2) is 12.0 Å². The van der Waals surface area contributed by atoms with E-state index in [9.17, 15) is 8.42 Å². The van der Waals surface area contributed by atoms with Crippen LogP contribution in [0.1, 0.15) is 6.92 Å². The maximum Gasteiger partial charge on any atom is 0.210 e. The van der Waals surface area contributed by atoms with Gasteiger partial charge in [-0.2, -0.15) is 0 Å². The van der Waals surface area contributed by atoms with Crippen LogP contribution < -0.4 is 0 Å². The summed E-state index contributed by atoms with van der Waals surface area (Å²) in [6.45, 7) is 4.08. The molecule has 47 valence electrons. The van der Waals surface area contributed by atoms with E-state index in [1.54, 1.807) is 0 Å². The molecule has 0 aromatic carbocycles. The average molecular weight is 135 g/mol. The fourth-order valence-corrected chi connectivity index (χ4v) is 0.362. The number of sulfone groups is 1. The summed E-state index contributed by atoms with van der Waals surface area (Å²) >= 11 is 0. The molecule has 1 radical (unpaired) electrons. The van der Waals surface area contributed by atoms with E-state index in [4.69, 9.17) is 5.11 Å². The van der Waals surface area contributed by atoms with E-state index in [1.807, 2.05) is 0 Å². The second-order valence-electron chi connectivity index (χ2n) is 1.23. The smallest absolute Gasteiger partial charge is 0.210 e. The van der Waals surface area contributed by atoms with Gasteiger partial charge in [-0.15, -0.1) is 0 Å². The van der Waals surface area contributed by atoms with Gasteiger partial charge in [0.05, 0.1) is 0 Å². The van der Waals surface area contributed by atoms with E-state index in [2.05, 4.69) is 6.58 Å². The van der Waals surface area contributed by atoms with Crippen molar-refractivity contribution in [2.75, 3.05) is 0 Å². The van der Waals surface area contributed by atoms with E-state index in [-0.39, 0.29) is 0 Å². The van der Waals surface area contributed by atoms with Crippen molar-refractivity contribution in [2.24, 2.45) is 0 Å². The molecule has 0 spiro atoms. The molecule has 8 heavy (non-hydrogen) atoms. The van der Waals surface area contributed by atoms with Gasteiger partial charge in [0, 0.05) is 5.41 Å². The van der Waals surface area contributed by atoms with Crippen molar-refractivity contribution in [1.29, 1.82) is 0 Å². The number of rotatable bonds is 2. The lowest BCUT2D eigenvalue weighted by Gasteiger charge is -1.95. The van der Waals surface area contributed by atoms with Gasteiger partial charge in [-0.3, -0.25) is 0 Å². The fraction of sp³-hybridized carbons (Fsp3) is 0.250. The van der Waals surface area contributed by atoms with Gasteiger partial charge < -0.3 is 5.11 Å². The van der Waals surface area contributed by atoms with Gasteiger partial charge in [0.1, 0.15) is 0 Å². The van der Waals surface area contributed by atoms with Crippen LogP contribution in [0.4, 0.5) is 0 Å². The van der Waals surface area contributed by atoms with Gasteiger partial charge in [-0.05, 0) is 6.92 Å². The molecule has 0 bridgehead atoms. The summed E-state index contributed by atoms with van der Waals surface area (Å²) in [7, 11) is -3.50. The Morgan fingerprint density at radius 1 is 1.75 bits per heavy atom. The van der Waals surface area contributed by atoms with Crippen molar-refractivity contribution in [3.63, 3.8) is 0 Å². The summed E-state index contributed by atoms with van der Waals surface area (Å²) in [6, 6.07) is 0. The summed E-state index contributed by atoms with van der Waals surface area (Å²) in [5.41, 5.74) is -0.618. The van der Waals surface area contributed by atoms with E-state index < -0.39 is 15.3 Å². The highest BCUT2D eigenvalue weighted by Crippen LogP contribution is 2.04. The summed E-state index contributed by atoms with van der Waals surface area (Å²) in [6.07, 6.45) is 0. The first-order chi connectivity index (χ1) is 3.50. The molecule has 0 aromatic heterocycles. The number of hydrogen-bond donors (Lipinski definition) is 1. The molecule has 0 unspecified atom stereocenters. The summed E-state index contributed by atoms with van der Waals surface area (Å²) in [5, 5.41) is 9.03. The van der Waals surface area contributed by atoms with Crippen LogP contribution in [0, 0.1) is 5.44 Å². The Labute approximate surface area is 48.6 Å². The lowest BCUT2D eigenvalue weighted by molar-refractivity contribution is 0.364. The highest BCUT2D eigenvalue weighted by molar-refractivity contribution is 7.96. The lowest BCUT2D eigenvalue weighted by atomic mass is 10.9. The van der Waals surface area contributed by atoms with Gasteiger partial charge in [0.15, 0.2) is 0 Å². The Bertz CT molecular complexity index is 166. The van der Waals surface area contributed by atoms with Crippen LogP contribution in [0.5, 0.6) is 0 Å². The Morgan fingerprint density at radius 3 is 2.12 bits per heavy atom. The van der Waals surface area contributed by atoms with E-state index in [0.717, 1.165) is 6.92 Å². The molecule has 0 fully saturated rings. The normalized spacial score (nSPS) is 11.9. The highest BCUT2D eigenvalue weighted by Gasteiger charge is 2.13. The van der Waals surface area contributed by atoms with Gasteiger partial charge in [0.25, 0.3) is 0 Å². The zero-order valence-electron chi connectivity index (χ0n) is 4.46. The van der Waals surface area contributed by atoms with Crippen LogP contribution in [-0.2, 0) is 9.84 Å². The van der Waals surface area contributed by atoms with Crippen LogP contribution in [0.2, 0.25) is 0 Å². The Morgan fingerprint density at radius 2 is 2.12 bits per heavy atom. The number of hydrogen-bond acceptors (Lipinski definition) is 3. The molecule has 0 saturated heterocycles. The highest BCUT2D eigenvalue weighted by atomic mass is 32.2. The molecule has 0 saturated carbocycles. The first-order valence-corrected chi connectivity index (χ1v) is 3.45. The first kappa shape index (κ1) is 7.65. The molecule has 0 heterocycles. The number of aliphatic hydroxyl groups excluding tert-OH is 1. The molecular weight excluding hydrogens is 128 g/mol. The van der Waals surface area contributed by atoms with Crippen molar-refractivity contribution in [3.8, 4) is 0 Å². The van der Waals surface area contributed by atoms with Crippen molar-refractivity contribution in [3.05, 3.63) is 17.4 Å². The fourth-order valence-electron chi connectivity index (χ4n) is 0.121. The minimum atomic E-state index is -3.50. The quantitative estimate of drug-likeness (QED) is 0.597. The Hall–Kier alpha value is -0.350. The third-order valence-corrected chi connectivity index (χ3v) is 1.89.